The molecule has 1 aromatic rings. The van der Waals surface area contributed by atoms with Crippen molar-refractivity contribution in [3.63, 3.8) is 0 Å². The lowest BCUT2D eigenvalue weighted by Gasteiger charge is -2.02. The van der Waals surface area contributed by atoms with Crippen molar-refractivity contribution in [2.45, 2.75) is 12.3 Å². The third-order valence-corrected chi connectivity index (χ3v) is 2.72. The van der Waals surface area contributed by atoms with Crippen molar-refractivity contribution in [3.05, 3.63) is 35.1 Å². The Morgan fingerprint density at radius 3 is 2.79 bits per heavy atom. The van der Waals surface area contributed by atoms with Crippen molar-refractivity contribution < 1.29 is 9.18 Å². The van der Waals surface area contributed by atoms with Gasteiger partial charge in [0.05, 0.1) is 11.2 Å². The summed E-state index contributed by atoms with van der Waals surface area (Å²) in [5.74, 6) is -0.130. The van der Waals surface area contributed by atoms with E-state index in [1.165, 1.54) is 6.07 Å². The molecule has 0 aromatic heterocycles. The zero-order chi connectivity index (χ0) is 10.6. The average Bonchev–Trinajstić information content (AvgIpc) is 2.20. The Kier molecular flexibility index (Phi) is 4.55. The Morgan fingerprint density at radius 1 is 1.50 bits per heavy atom. The minimum atomic E-state index is -0.324. The molecule has 1 rings (SSSR count). The van der Waals surface area contributed by atoms with Gasteiger partial charge in [-0.3, -0.25) is 4.79 Å². The third kappa shape index (κ3) is 3.07. The van der Waals surface area contributed by atoms with E-state index >= 15 is 0 Å². The normalized spacial score (nSPS) is 10.2. The monoisotopic (exact) mass is 278 g/mol. The van der Waals surface area contributed by atoms with Gasteiger partial charge in [-0.05, 0) is 11.6 Å². The maximum atomic E-state index is 13.0. The van der Waals surface area contributed by atoms with E-state index < -0.39 is 0 Å². The molecule has 0 radical (unpaired) electrons. The van der Waals surface area contributed by atoms with Crippen molar-refractivity contribution in [1.29, 1.82) is 0 Å². The minimum Gasteiger partial charge on any atom is -0.298 e. The number of carbonyl (C=O) groups is 1. The number of Topliss-reactive ketones (excluding diaryl/α,β-unsaturated/α-hetero) is 1. The predicted molar refractivity (Wildman–Crippen MR) is 58.5 cm³/mol. The molecule has 0 heterocycles. The molecular formula is C10H9BrClFO. The summed E-state index contributed by atoms with van der Waals surface area (Å²) in [6.45, 7) is 0. The van der Waals surface area contributed by atoms with Gasteiger partial charge in [0.2, 0.25) is 0 Å². The highest BCUT2D eigenvalue weighted by Gasteiger charge is 2.05. The Balaban J connectivity index is 2.84. The average molecular weight is 280 g/mol. The molecule has 0 aliphatic rings. The largest absolute Gasteiger partial charge is 0.298 e. The highest BCUT2D eigenvalue weighted by Crippen LogP contribution is 2.13. The SMILES string of the molecule is O=C(CBr)Cc1ccc(F)c(CCl)c1. The second kappa shape index (κ2) is 5.47. The Morgan fingerprint density at radius 2 is 2.21 bits per heavy atom. The first-order valence-electron chi connectivity index (χ1n) is 4.08. The maximum absolute atomic E-state index is 13.0. The highest BCUT2D eigenvalue weighted by atomic mass is 79.9. The number of halogens is 3. The van der Waals surface area contributed by atoms with Crippen LogP contribution in [0.15, 0.2) is 18.2 Å². The Bertz CT molecular complexity index is 341. The van der Waals surface area contributed by atoms with E-state index in [9.17, 15) is 9.18 Å². The summed E-state index contributed by atoms with van der Waals surface area (Å²) >= 11 is 8.61. The molecule has 0 aliphatic carbocycles. The second-order valence-electron chi connectivity index (χ2n) is 2.91. The van der Waals surface area contributed by atoms with Crippen LogP contribution in [-0.4, -0.2) is 11.1 Å². The molecule has 1 aromatic carbocycles. The van der Waals surface area contributed by atoms with Crippen LogP contribution in [0.4, 0.5) is 4.39 Å². The van der Waals surface area contributed by atoms with Crippen LogP contribution in [0.3, 0.4) is 0 Å². The standard InChI is InChI=1S/C10H9BrClFO/c11-5-9(14)4-7-1-2-10(13)8(3-7)6-12/h1-3H,4-6H2. The predicted octanol–water partition coefficient (Wildman–Crippen LogP) is 3.07. The topological polar surface area (TPSA) is 17.1 Å². The minimum absolute atomic E-state index is 0.0668. The summed E-state index contributed by atoms with van der Waals surface area (Å²) in [6, 6.07) is 4.57. The van der Waals surface area contributed by atoms with Gasteiger partial charge in [0.25, 0.3) is 0 Å². The van der Waals surface area contributed by atoms with E-state index in [0.29, 0.717) is 17.3 Å². The summed E-state index contributed by atoms with van der Waals surface area (Å²) in [4.78, 5) is 11.1. The molecule has 1 nitrogen and oxygen atoms in total. The van der Waals surface area contributed by atoms with Crippen molar-refractivity contribution in [3.8, 4) is 0 Å². The smallest absolute Gasteiger partial charge is 0.147 e. The van der Waals surface area contributed by atoms with Crippen molar-refractivity contribution >= 4 is 33.3 Å². The Hall–Kier alpha value is -0.410. The highest BCUT2D eigenvalue weighted by molar-refractivity contribution is 9.09. The van der Waals surface area contributed by atoms with Gasteiger partial charge < -0.3 is 0 Å². The maximum Gasteiger partial charge on any atom is 0.147 e. The van der Waals surface area contributed by atoms with Crippen LogP contribution in [0.2, 0.25) is 0 Å². The molecule has 0 atom stereocenters. The molecule has 0 amide bonds. The molecule has 0 N–H and O–H groups in total. The number of rotatable bonds is 4. The first kappa shape index (κ1) is 11.7. The van der Waals surface area contributed by atoms with Crippen molar-refractivity contribution in [2.75, 3.05) is 5.33 Å². The summed E-state index contributed by atoms with van der Waals surface area (Å²) in [5.41, 5.74) is 1.23. The van der Waals surface area contributed by atoms with E-state index in [4.69, 9.17) is 11.6 Å². The lowest BCUT2D eigenvalue weighted by Crippen LogP contribution is -2.04. The molecule has 0 aliphatic heterocycles. The molecule has 0 bridgehead atoms. The summed E-state index contributed by atoms with van der Waals surface area (Å²) in [6.07, 6.45) is 0.315. The number of alkyl halides is 2. The zero-order valence-electron chi connectivity index (χ0n) is 7.40. The van der Waals surface area contributed by atoms with Gasteiger partial charge >= 0.3 is 0 Å². The van der Waals surface area contributed by atoms with Crippen LogP contribution >= 0.6 is 27.5 Å². The van der Waals surface area contributed by atoms with Gasteiger partial charge in [-0.1, -0.05) is 28.1 Å². The van der Waals surface area contributed by atoms with Crippen molar-refractivity contribution in [2.24, 2.45) is 0 Å². The molecule has 4 heteroatoms. The molecule has 0 saturated carbocycles. The van der Waals surface area contributed by atoms with Gasteiger partial charge in [0.1, 0.15) is 11.6 Å². The quantitative estimate of drug-likeness (QED) is 0.774. The molecule has 0 saturated heterocycles. The fourth-order valence-electron chi connectivity index (χ4n) is 1.12. The first-order chi connectivity index (χ1) is 6.67. The van der Waals surface area contributed by atoms with Crippen LogP contribution in [0.5, 0.6) is 0 Å². The van der Waals surface area contributed by atoms with Crippen molar-refractivity contribution in [1.82, 2.24) is 0 Å². The van der Waals surface area contributed by atoms with Gasteiger partial charge in [0, 0.05) is 12.0 Å². The summed E-state index contributed by atoms with van der Waals surface area (Å²) < 4.78 is 13.0. The number of carbonyl (C=O) groups excluding carboxylic acids is 1. The molecule has 76 valence electrons. The molecule has 0 unspecified atom stereocenters. The Labute approximate surface area is 95.4 Å². The van der Waals surface area contributed by atoms with E-state index in [0.717, 1.165) is 5.56 Å². The van der Waals surface area contributed by atoms with Crippen LogP contribution < -0.4 is 0 Å². The van der Waals surface area contributed by atoms with Crippen LogP contribution in [-0.2, 0) is 17.1 Å². The van der Waals surface area contributed by atoms with Crippen LogP contribution in [0, 0.1) is 5.82 Å². The lowest BCUT2D eigenvalue weighted by atomic mass is 10.1. The molecule has 0 spiro atoms. The van der Waals surface area contributed by atoms with Crippen LogP contribution in [0.1, 0.15) is 11.1 Å². The lowest BCUT2D eigenvalue weighted by molar-refractivity contribution is -0.115. The first-order valence-corrected chi connectivity index (χ1v) is 5.74. The van der Waals surface area contributed by atoms with Gasteiger partial charge in [-0.25, -0.2) is 4.39 Å². The fraction of sp³-hybridized carbons (Fsp3) is 0.300. The summed E-state index contributed by atoms with van der Waals surface area (Å²) in [7, 11) is 0. The summed E-state index contributed by atoms with van der Waals surface area (Å²) in [5, 5.41) is 0.320. The zero-order valence-corrected chi connectivity index (χ0v) is 9.74. The molecular weight excluding hydrogens is 270 g/mol. The number of ketones is 1. The van der Waals surface area contributed by atoms with E-state index in [1.807, 2.05) is 0 Å². The van der Waals surface area contributed by atoms with E-state index in [-0.39, 0.29) is 17.5 Å². The third-order valence-electron chi connectivity index (χ3n) is 1.80. The van der Waals surface area contributed by atoms with Gasteiger partial charge in [-0.15, -0.1) is 11.6 Å². The van der Waals surface area contributed by atoms with Gasteiger partial charge in [0.15, 0.2) is 0 Å². The number of hydrogen-bond donors (Lipinski definition) is 0. The second-order valence-corrected chi connectivity index (χ2v) is 3.74. The molecule has 14 heavy (non-hydrogen) atoms. The van der Waals surface area contributed by atoms with E-state index in [2.05, 4.69) is 15.9 Å². The van der Waals surface area contributed by atoms with E-state index in [1.54, 1.807) is 12.1 Å². The van der Waals surface area contributed by atoms with Crippen LogP contribution in [0.25, 0.3) is 0 Å². The fourth-order valence-corrected chi connectivity index (χ4v) is 1.52. The number of benzene rings is 1. The number of hydrogen-bond acceptors (Lipinski definition) is 1. The van der Waals surface area contributed by atoms with Gasteiger partial charge in [-0.2, -0.15) is 0 Å². The molecule has 0 fully saturated rings.